The first kappa shape index (κ1) is 11.2. The van der Waals surface area contributed by atoms with E-state index in [9.17, 15) is 5.11 Å². The van der Waals surface area contributed by atoms with Crippen LogP contribution < -0.4 is 0 Å². The molecular weight excluding hydrogens is 176 g/mol. The molecule has 1 rings (SSSR count). The molecule has 0 heterocycles. The van der Waals surface area contributed by atoms with Crippen LogP contribution in [0.5, 0.6) is 0 Å². The molecule has 1 aromatic carbocycles. The monoisotopic (exact) mass is 194 g/mol. The van der Waals surface area contributed by atoms with Crippen LogP contribution in [-0.2, 0) is 4.74 Å². The Labute approximate surface area is 85.5 Å². The van der Waals surface area contributed by atoms with E-state index in [4.69, 9.17) is 4.74 Å². The van der Waals surface area contributed by atoms with Crippen molar-refractivity contribution < 1.29 is 9.84 Å². The summed E-state index contributed by atoms with van der Waals surface area (Å²) in [5.74, 6) is 0. The minimum atomic E-state index is -0.525. The maximum atomic E-state index is 9.89. The highest BCUT2D eigenvalue weighted by molar-refractivity contribution is 5.18. The Balaban J connectivity index is 2.52. The molecule has 14 heavy (non-hydrogen) atoms. The van der Waals surface area contributed by atoms with Gasteiger partial charge >= 0.3 is 0 Å². The van der Waals surface area contributed by atoms with Gasteiger partial charge in [-0.1, -0.05) is 37.3 Å². The second-order valence-electron chi connectivity index (χ2n) is 3.43. The molecule has 1 aromatic rings. The SMILES string of the molecule is CCCOC(C)C(O)c1ccccc1. The van der Waals surface area contributed by atoms with Crippen molar-refractivity contribution in [2.75, 3.05) is 6.61 Å². The molecule has 2 heteroatoms. The predicted octanol–water partition coefficient (Wildman–Crippen LogP) is 2.54. The number of ether oxygens (including phenoxy) is 1. The van der Waals surface area contributed by atoms with Crippen molar-refractivity contribution in [2.24, 2.45) is 0 Å². The van der Waals surface area contributed by atoms with Gasteiger partial charge in [0.25, 0.3) is 0 Å². The molecule has 0 aromatic heterocycles. The molecule has 0 aliphatic carbocycles. The Morgan fingerprint density at radius 3 is 2.50 bits per heavy atom. The van der Waals surface area contributed by atoms with E-state index in [-0.39, 0.29) is 6.10 Å². The number of aliphatic hydroxyl groups excluding tert-OH is 1. The summed E-state index contributed by atoms with van der Waals surface area (Å²) in [5.41, 5.74) is 0.913. The molecule has 1 N–H and O–H groups in total. The van der Waals surface area contributed by atoms with Gasteiger partial charge in [-0.05, 0) is 18.9 Å². The van der Waals surface area contributed by atoms with Crippen LogP contribution in [0.25, 0.3) is 0 Å². The zero-order chi connectivity index (χ0) is 10.4. The molecule has 0 aliphatic rings. The Morgan fingerprint density at radius 2 is 1.93 bits per heavy atom. The highest BCUT2D eigenvalue weighted by Crippen LogP contribution is 2.18. The van der Waals surface area contributed by atoms with Crippen LogP contribution in [0.4, 0.5) is 0 Å². The quantitative estimate of drug-likeness (QED) is 0.780. The van der Waals surface area contributed by atoms with Crippen molar-refractivity contribution in [3.8, 4) is 0 Å². The average Bonchev–Trinajstić information content (AvgIpc) is 2.26. The van der Waals surface area contributed by atoms with E-state index in [1.54, 1.807) is 0 Å². The number of hydrogen-bond acceptors (Lipinski definition) is 2. The largest absolute Gasteiger partial charge is 0.386 e. The third-order valence-corrected chi connectivity index (χ3v) is 2.17. The first-order valence-corrected chi connectivity index (χ1v) is 5.10. The summed E-state index contributed by atoms with van der Waals surface area (Å²) < 4.78 is 5.46. The molecule has 0 bridgehead atoms. The van der Waals surface area contributed by atoms with Crippen molar-refractivity contribution >= 4 is 0 Å². The van der Waals surface area contributed by atoms with Crippen LogP contribution in [-0.4, -0.2) is 17.8 Å². The molecular formula is C12H18O2. The normalized spacial score (nSPS) is 15.1. The molecule has 0 spiro atoms. The zero-order valence-electron chi connectivity index (χ0n) is 8.81. The van der Waals surface area contributed by atoms with Crippen LogP contribution in [0, 0.1) is 0 Å². The fourth-order valence-electron chi connectivity index (χ4n) is 1.32. The molecule has 2 atom stereocenters. The van der Waals surface area contributed by atoms with Gasteiger partial charge in [0, 0.05) is 6.61 Å². The Kier molecular flexibility index (Phi) is 4.63. The molecule has 78 valence electrons. The summed E-state index contributed by atoms with van der Waals surface area (Å²) in [4.78, 5) is 0. The van der Waals surface area contributed by atoms with Crippen LogP contribution in [0.2, 0.25) is 0 Å². The van der Waals surface area contributed by atoms with Gasteiger partial charge in [-0.2, -0.15) is 0 Å². The van der Waals surface area contributed by atoms with Crippen molar-refractivity contribution in [3.63, 3.8) is 0 Å². The fraction of sp³-hybridized carbons (Fsp3) is 0.500. The van der Waals surface area contributed by atoms with Gasteiger partial charge in [0.1, 0.15) is 6.10 Å². The number of aliphatic hydroxyl groups is 1. The van der Waals surface area contributed by atoms with E-state index >= 15 is 0 Å². The molecule has 0 radical (unpaired) electrons. The fourth-order valence-corrected chi connectivity index (χ4v) is 1.32. The minimum absolute atomic E-state index is 0.141. The second-order valence-corrected chi connectivity index (χ2v) is 3.43. The van der Waals surface area contributed by atoms with Crippen molar-refractivity contribution in [1.29, 1.82) is 0 Å². The average molecular weight is 194 g/mol. The highest BCUT2D eigenvalue weighted by atomic mass is 16.5. The van der Waals surface area contributed by atoms with E-state index < -0.39 is 6.10 Å². The van der Waals surface area contributed by atoms with Gasteiger partial charge in [0.15, 0.2) is 0 Å². The molecule has 0 fully saturated rings. The Morgan fingerprint density at radius 1 is 1.29 bits per heavy atom. The molecule has 2 nitrogen and oxygen atoms in total. The number of rotatable bonds is 5. The summed E-state index contributed by atoms with van der Waals surface area (Å²) in [6, 6.07) is 9.61. The van der Waals surface area contributed by atoms with Gasteiger partial charge in [-0.3, -0.25) is 0 Å². The van der Waals surface area contributed by atoms with E-state index in [1.165, 1.54) is 0 Å². The first-order chi connectivity index (χ1) is 6.75. The maximum Gasteiger partial charge on any atom is 0.105 e. The topological polar surface area (TPSA) is 29.5 Å². The van der Waals surface area contributed by atoms with E-state index in [1.807, 2.05) is 37.3 Å². The number of hydrogen-bond donors (Lipinski definition) is 1. The van der Waals surface area contributed by atoms with Crippen LogP contribution in [0.1, 0.15) is 31.9 Å². The van der Waals surface area contributed by atoms with Crippen molar-refractivity contribution in [1.82, 2.24) is 0 Å². The van der Waals surface area contributed by atoms with Crippen molar-refractivity contribution in [3.05, 3.63) is 35.9 Å². The van der Waals surface area contributed by atoms with Crippen molar-refractivity contribution in [2.45, 2.75) is 32.5 Å². The summed E-state index contributed by atoms with van der Waals surface area (Å²) in [5, 5.41) is 9.89. The lowest BCUT2D eigenvalue weighted by atomic mass is 10.1. The molecule has 0 amide bonds. The summed E-state index contributed by atoms with van der Waals surface area (Å²) in [7, 11) is 0. The van der Waals surface area contributed by atoms with Gasteiger partial charge in [-0.15, -0.1) is 0 Å². The molecule has 0 saturated carbocycles. The summed E-state index contributed by atoms with van der Waals surface area (Å²) >= 11 is 0. The maximum absolute atomic E-state index is 9.89. The van der Waals surface area contributed by atoms with Crippen LogP contribution in [0.3, 0.4) is 0 Å². The first-order valence-electron chi connectivity index (χ1n) is 5.10. The molecule has 0 aliphatic heterocycles. The van der Waals surface area contributed by atoms with E-state index in [0.717, 1.165) is 12.0 Å². The molecule has 0 saturated heterocycles. The third kappa shape index (κ3) is 3.13. The lowest BCUT2D eigenvalue weighted by Crippen LogP contribution is -2.19. The Hall–Kier alpha value is -0.860. The molecule has 2 unspecified atom stereocenters. The lowest BCUT2D eigenvalue weighted by Gasteiger charge is -2.19. The standard InChI is InChI=1S/C12H18O2/c1-3-9-14-10(2)12(13)11-7-5-4-6-8-11/h4-8,10,12-13H,3,9H2,1-2H3. The van der Waals surface area contributed by atoms with E-state index in [0.29, 0.717) is 6.61 Å². The van der Waals surface area contributed by atoms with Crippen LogP contribution in [0.15, 0.2) is 30.3 Å². The van der Waals surface area contributed by atoms with Gasteiger partial charge in [0.2, 0.25) is 0 Å². The predicted molar refractivity (Wildman–Crippen MR) is 57.1 cm³/mol. The van der Waals surface area contributed by atoms with Crippen LogP contribution >= 0.6 is 0 Å². The number of benzene rings is 1. The highest BCUT2D eigenvalue weighted by Gasteiger charge is 2.15. The summed E-state index contributed by atoms with van der Waals surface area (Å²) in [6.07, 6.45) is 0.311. The lowest BCUT2D eigenvalue weighted by molar-refractivity contribution is -0.0276. The zero-order valence-corrected chi connectivity index (χ0v) is 8.81. The van der Waals surface area contributed by atoms with E-state index in [2.05, 4.69) is 6.92 Å². The minimum Gasteiger partial charge on any atom is -0.386 e. The summed E-state index contributed by atoms with van der Waals surface area (Å²) in [6.45, 7) is 4.65. The second kappa shape index (κ2) is 5.78. The smallest absolute Gasteiger partial charge is 0.105 e. The Bertz CT molecular complexity index is 246. The third-order valence-electron chi connectivity index (χ3n) is 2.17. The van der Waals surface area contributed by atoms with Gasteiger partial charge in [-0.25, -0.2) is 0 Å². The van der Waals surface area contributed by atoms with Gasteiger partial charge < -0.3 is 9.84 Å². The van der Waals surface area contributed by atoms with Gasteiger partial charge in [0.05, 0.1) is 6.10 Å².